The smallest absolute Gasteiger partial charge is 0.180 e. The van der Waals surface area contributed by atoms with Crippen molar-refractivity contribution in [3.63, 3.8) is 0 Å². The molecule has 0 atom stereocenters. The standard InChI is InChI=1S/C22H21N5O/c23-14-15-6-8-17(9-7-15)20-21(16-4-2-1-3-5-16)27-22-18(25-20)10-11-19(26-22)24-12-13-28/h1-11,28H,12-14,23H2,(H,24,26,27). The first-order valence-electron chi connectivity index (χ1n) is 9.17. The summed E-state index contributed by atoms with van der Waals surface area (Å²) < 4.78 is 0. The highest BCUT2D eigenvalue weighted by Gasteiger charge is 2.14. The van der Waals surface area contributed by atoms with Gasteiger partial charge in [0.1, 0.15) is 11.3 Å². The molecule has 0 saturated heterocycles. The number of fused-ring (bicyclic) bond motifs is 1. The number of rotatable bonds is 6. The van der Waals surface area contributed by atoms with Crippen LogP contribution in [0.4, 0.5) is 5.82 Å². The number of hydrogen-bond acceptors (Lipinski definition) is 6. The zero-order chi connectivity index (χ0) is 19.3. The number of aliphatic hydroxyl groups is 1. The van der Waals surface area contributed by atoms with Crippen molar-refractivity contribution in [2.75, 3.05) is 18.5 Å². The third-order valence-electron chi connectivity index (χ3n) is 4.46. The van der Waals surface area contributed by atoms with Gasteiger partial charge >= 0.3 is 0 Å². The lowest BCUT2D eigenvalue weighted by molar-refractivity contribution is 0.311. The van der Waals surface area contributed by atoms with Crippen LogP contribution in [-0.2, 0) is 6.54 Å². The van der Waals surface area contributed by atoms with Gasteiger partial charge in [-0.1, -0.05) is 54.6 Å². The lowest BCUT2D eigenvalue weighted by Crippen LogP contribution is -2.07. The summed E-state index contributed by atoms with van der Waals surface area (Å²) in [5.41, 5.74) is 11.6. The average Bonchev–Trinajstić information content (AvgIpc) is 2.77. The first-order chi connectivity index (χ1) is 13.8. The Balaban J connectivity index is 1.88. The van der Waals surface area contributed by atoms with Crippen LogP contribution in [0, 0.1) is 0 Å². The maximum absolute atomic E-state index is 9.01. The topological polar surface area (TPSA) is 97.0 Å². The van der Waals surface area contributed by atoms with Gasteiger partial charge in [-0.05, 0) is 17.7 Å². The van der Waals surface area contributed by atoms with Gasteiger partial charge in [0.25, 0.3) is 0 Å². The number of aliphatic hydroxyl groups excluding tert-OH is 1. The van der Waals surface area contributed by atoms with E-state index >= 15 is 0 Å². The van der Waals surface area contributed by atoms with Crippen LogP contribution in [0.15, 0.2) is 66.7 Å². The summed E-state index contributed by atoms with van der Waals surface area (Å²) in [7, 11) is 0. The minimum absolute atomic E-state index is 0.0401. The summed E-state index contributed by atoms with van der Waals surface area (Å²) in [6.07, 6.45) is 0. The fraction of sp³-hybridized carbons (Fsp3) is 0.136. The maximum Gasteiger partial charge on any atom is 0.180 e. The van der Waals surface area contributed by atoms with E-state index in [2.05, 4.69) is 10.3 Å². The quantitative estimate of drug-likeness (QED) is 0.481. The molecular formula is C22H21N5O. The van der Waals surface area contributed by atoms with E-state index < -0.39 is 0 Å². The van der Waals surface area contributed by atoms with Gasteiger partial charge in [-0.2, -0.15) is 0 Å². The summed E-state index contributed by atoms with van der Waals surface area (Å²) in [6.45, 7) is 0.976. The lowest BCUT2D eigenvalue weighted by atomic mass is 10.0. The van der Waals surface area contributed by atoms with E-state index in [1.165, 1.54) is 0 Å². The number of nitrogens with one attached hydrogen (secondary N) is 1. The lowest BCUT2D eigenvalue weighted by Gasteiger charge is -2.11. The van der Waals surface area contributed by atoms with Gasteiger partial charge in [0, 0.05) is 24.2 Å². The number of nitrogens with zero attached hydrogens (tertiary/aromatic N) is 3. The third kappa shape index (κ3) is 3.69. The van der Waals surface area contributed by atoms with Crippen molar-refractivity contribution < 1.29 is 5.11 Å². The number of hydrogen-bond donors (Lipinski definition) is 3. The Kier molecular flexibility index (Phi) is 5.23. The molecule has 2 heterocycles. The molecule has 0 fully saturated rings. The van der Waals surface area contributed by atoms with E-state index in [0.29, 0.717) is 30.1 Å². The third-order valence-corrected chi connectivity index (χ3v) is 4.46. The summed E-state index contributed by atoms with van der Waals surface area (Å²) in [4.78, 5) is 14.2. The summed E-state index contributed by atoms with van der Waals surface area (Å²) in [5.74, 6) is 0.662. The Hall–Kier alpha value is -3.35. The van der Waals surface area contributed by atoms with E-state index in [9.17, 15) is 0 Å². The van der Waals surface area contributed by atoms with E-state index in [4.69, 9.17) is 20.8 Å². The van der Waals surface area contributed by atoms with Gasteiger partial charge in [-0.25, -0.2) is 15.0 Å². The normalized spacial score (nSPS) is 10.9. The molecule has 0 aliphatic heterocycles. The van der Waals surface area contributed by atoms with Crippen molar-refractivity contribution in [3.8, 4) is 22.5 Å². The van der Waals surface area contributed by atoms with E-state index in [-0.39, 0.29) is 6.61 Å². The molecule has 0 spiro atoms. The first kappa shape index (κ1) is 18.0. The van der Waals surface area contributed by atoms with Gasteiger partial charge < -0.3 is 16.2 Å². The predicted octanol–water partition coefficient (Wildman–Crippen LogP) is 3.22. The van der Waals surface area contributed by atoms with Crippen LogP contribution in [0.1, 0.15) is 5.56 Å². The highest BCUT2D eigenvalue weighted by Crippen LogP contribution is 2.31. The van der Waals surface area contributed by atoms with Crippen molar-refractivity contribution in [2.45, 2.75) is 6.54 Å². The molecule has 0 saturated carbocycles. The first-order valence-corrected chi connectivity index (χ1v) is 9.17. The largest absolute Gasteiger partial charge is 0.395 e. The van der Waals surface area contributed by atoms with E-state index in [1.807, 2.05) is 66.7 Å². The molecule has 0 amide bonds. The molecule has 6 heteroatoms. The fourth-order valence-corrected chi connectivity index (χ4v) is 3.02. The van der Waals surface area contributed by atoms with Gasteiger partial charge in [0.05, 0.1) is 18.0 Å². The molecule has 0 aliphatic carbocycles. The summed E-state index contributed by atoms with van der Waals surface area (Å²) >= 11 is 0. The SMILES string of the molecule is NCc1ccc(-c2nc3ccc(NCCO)nc3nc2-c2ccccc2)cc1. The molecule has 2 aromatic heterocycles. The molecule has 28 heavy (non-hydrogen) atoms. The molecule has 6 nitrogen and oxygen atoms in total. The predicted molar refractivity (Wildman–Crippen MR) is 112 cm³/mol. The van der Waals surface area contributed by atoms with Gasteiger partial charge in [-0.3, -0.25) is 0 Å². The van der Waals surface area contributed by atoms with Crippen LogP contribution in [0.25, 0.3) is 33.7 Å². The van der Waals surface area contributed by atoms with Crippen molar-refractivity contribution >= 4 is 17.0 Å². The fourth-order valence-electron chi connectivity index (χ4n) is 3.02. The molecule has 4 aromatic rings. The zero-order valence-corrected chi connectivity index (χ0v) is 15.3. The van der Waals surface area contributed by atoms with Crippen LogP contribution in [0.3, 0.4) is 0 Å². The minimum atomic E-state index is 0.0401. The molecule has 0 radical (unpaired) electrons. The molecule has 0 bridgehead atoms. The Bertz CT molecular complexity index is 1080. The Morgan fingerprint density at radius 3 is 2.21 bits per heavy atom. The van der Waals surface area contributed by atoms with Crippen LogP contribution in [0.5, 0.6) is 0 Å². The van der Waals surface area contributed by atoms with Crippen molar-refractivity contribution in [3.05, 3.63) is 72.3 Å². The van der Waals surface area contributed by atoms with Crippen LogP contribution in [-0.4, -0.2) is 33.2 Å². The van der Waals surface area contributed by atoms with E-state index in [1.54, 1.807) is 0 Å². The van der Waals surface area contributed by atoms with Crippen molar-refractivity contribution in [1.29, 1.82) is 0 Å². The zero-order valence-electron chi connectivity index (χ0n) is 15.3. The maximum atomic E-state index is 9.01. The molecular weight excluding hydrogens is 350 g/mol. The molecule has 4 rings (SSSR count). The van der Waals surface area contributed by atoms with Crippen LogP contribution in [0.2, 0.25) is 0 Å². The number of nitrogens with two attached hydrogens (primary N) is 1. The van der Waals surface area contributed by atoms with Gasteiger partial charge in [0.15, 0.2) is 5.65 Å². The molecule has 2 aromatic carbocycles. The summed E-state index contributed by atoms with van der Waals surface area (Å²) in [6, 6.07) is 21.8. The summed E-state index contributed by atoms with van der Waals surface area (Å²) in [5, 5.41) is 12.1. The van der Waals surface area contributed by atoms with Crippen molar-refractivity contribution in [2.24, 2.45) is 5.73 Å². The highest BCUT2D eigenvalue weighted by atomic mass is 16.3. The van der Waals surface area contributed by atoms with Crippen LogP contribution >= 0.6 is 0 Å². The van der Waals surface area contributed by atoms with Crippen molar-refractivity contribution in [1.82, 2.24) is 15.0 Å². The molecule has 4 N–H and O–H groups in total. The monoisotopic (exact) mass is 371 g/mol. The molecule has 0 unspecified atom stereocenters. The van der Waals surface area contributed by atoms with Gasteiger partial charge in [0.2, 0.25) is 0 Å². The van der Waals surface area contributed by atoms with Crippen LogP contribution < -0.4 is 11.1 Å². The number of benzene rings is 2. The Morgan fingerprint density at radius 1 is 0.786 bits per heavy atom. The average molecular weight is 371 g/mol. The van der Waals surface area contributed by atoms with E-state index in [0.717, 1.165) is 28.1 Å². The Morgan fingerprint density at radius 2 is 1.50 bits per heavy atom. The molecule has 140 valence electrons. The second kappa shape index (κ2) is 8.12. The molecule has 0 aliphatic rings. The minimum Gasteiger partial charge on any atom is -0.395 e. The Labute approximate surface area is 163 Å². The second-order valence-electron chi connectivity index (χ2n) is 6.38. The number of anilines is 1. The second-order valence-corrected chi connectivity index (χ2v) is 6.38. The highest BCUT2D eigenvalue weighted by molar-refractivity contribution is 5.85. The van der Waals surface area contributed by atoms with Gasteiger partial charge in [-0.15, -0.1) is 0 Å². The number of aromatic nitrogens is 3. The number of pyridine rings is 1.